The van der Waals surface area contributed by atoms with Gasteiger partial charge >= 0.3 is 5.97 Å². The molecule has 1 aliphatic heterocycles. The number of fused-ring (bicyclic) bond motifs is 2. The van der Waals surface area contributed by atoms with Crippen LogP contribution in [0, 0.1) is 6.92 Å². The van der Waals surface area contributed by atoms with Crippen LogP contribution in [0.25, 0.3) is 21.8 Å². The number of hydrogen-bond acceptors (Lipinski definition) is 15. The van der Waals surface area contributed by atoms with Gasteiger partial charge in [0.15, 0.2) is 6.54 Å². The van der Waals surface area contributed by atoms with E-state index in [1.807, 2.05) is 0 Å². The number of nitrogens with zero attached hydrogens (tertiary/aromatic N) is 3. The Labute approximate surface area is 362 Å². The van der Waals surface area contributed by atoms with Crippen molar-refractivity contribution in [2.24, 2.45) is 0 Å². The van der Waals surface area contributed by atoms with Gasteiger partial charge in [-0.25, -0.2) is 17.5 Å². The average molecular weight is 959 g/mol. The minimum absolute atomic E-state index is 0.0183. The van der Waals surface area contributed by atoms with Crippen LogP contribution in [0.1, 0.15) is 60.9 Å². The standard InChI is InChI=1S/C38H43N3O18S4/c1-26-7-11-29(12-8-26)63(55,56)40(18-2-6-36(44)59-41-34(42)15-16-35(41)43)38(45)37-30-24-27(57-19-4-22-61(49,50)51)9-13-32(30)39(17-3-21-60(46,47)48)33-14-10-28(25-31(33)37)58-20-5-23-62(52,53)54/h7-14,24-25H,2-6,15-23H2,1H3,(H2-,46,47,48,49,50,51,52,53,54)/p+1. The highest BCUT2D eigenvalue weighted by atomic mass is 32.2. The van der Waals surface area contributed by atoms with Crippen molar-refractivity contribution < 1.29 is 85.4 Å². The van der Waals surface area contributed by atoms with Crippen LogP contribution in [0.5, 0.6) is 11.5 Å². The first-order valence-corrected chi connectivity index (χ1v) is 25.4. The molecule has 0 aliphatic carbocycles. The predicted octanol–water partition coefficient (Wildman–Crippen LogP) is 2.40. The van der Waals surface area contributed by atoms with Crippen LogP contribution in [0.2, 0.25) is 0 Å². The first kappa shape index (κ1) is 48.7. The van der Waals surface area contributed by atoms with E-state index in [2.05, 4.69) is 0 Å². The van der Waals surface area contributed by atoms with Crippen molar-refractivity contribution in [1.82, 2.24) is 9.37 Å². The molecule has 1 saturated heterocycles. The molecule has 3 aromatic carbocycles. The third-order valence-electron chi connectivity index (χ3n) is 9.46. The van der Waals surface area contributed by atoms with Gasteiger partial charge in [-0.05, 0) is 62.6 Å². The summed E-state index contributed by atoms with van der Waals surface area (Å²) >= 11 is 0. The van der Waals surface area contributed by atoms with E-state index >= 15 is 4.79 Å². The number of carbonyl (C=O) groups excluding carboxylic acids is 4. The van der Waals surface area contributed by atoms with Gasteiger partial charge < -0.3 is 14.3 Å². The summed E-state index contributed by atoms with van der Waals surface area (Å²) in [7, 11) is -17.9. The fourth-order valence-electron chi connectivity index (χ4n) is 6.56. The predicted molar refractivity (Wildman–Crippen MR) is 222 cm³/mol. The zero-order valence-electron chi connectivity index (χ0n) is 33.6. The van der Waals surface area contributed by atoms with Crippen LogP contribution < -0.4 is 14.0 Å². The lowest BCUT2D eigenvalue weighted by molar-refractivity contribution is -0.645. The van der Waals surface area contributed by atoms with Crippen LogP contribution in [-0.4, -0.2) is 117 Å². The van der Waals surface area contributed by atoms with Gasteiger partial charge in [0.05, 0.1) is 51.7 Å². The lowest BCUT2D eigenvalue weighted by Gasteiger charge is -2.24. The van der Waals surface area contributed by atoms with Crippen LogP contribution in [0.3, 0.4) is 0 Å². The van der Waals surface area contributed by atoms with Crippen molar-refractivity contribution in [2.45, 2.75) is 63.3 Å². The molecule has 0 spiro atoms. The second-order valence-corrected chi connectivity index (χ2v) is 20.9. The molecule has 0 bridgehead atoms. The Morgan fingerprint density at radius 3 is 1.63 bits per heavy atom. The number of sulfonamides is 1. The van der Waals surface area contributed by atoms with E-state index in [4.69, 9.17) is 14.3 Å². The number of imide groups is 1. The second-order valence-electron chi connectivity index (χ2n) is 14.3. The average Bonchev–Trinajstić information content (AvgIpc) is 3.50. The number of aromatic nitrogens is 1. The molecule has 4 aromatic rings. The molecule has 2 heterocycles. The Morgan fingerprint density at radius 2 is 1.16 bits per heavy atom. The molecule has 25 heteroatoms. The molecule has 0 unspecified atom stereocenters. The zero-order chi connectivity index (χ0) is 46.3. The fourth-order valence-corrected chi connectivity index (χ4v) is 9.43. The Balaban J connectivity index is 1.69. The molecule has 3 amide bonds. The molecule has 63 heavy (non-hydrogen) atoms. The van der Waals surface area contributed by atoms with Crippen molar-refractivity contribution in [1.29, 1.82) is 0 Å². The maximum absolute atomic E-state index is 15.3. The zero-order valence-corrected chi connectivity index (χ0v) is 36.9. The lowest BCUT2D eigenvalue weighted by Crippen LogP contribution is -2.41. The number of pyridine rings is 1. The lowest BCUT2D eigenvalue weighted by atomic mass is 10.00. The SMILES string of the molecule is Cc1ccc(S(=O)(=O)N(CCCC(=O)ON2C(=O)CCC2=O)C(=O)c2c3cc(OCCCS(=O)(=O)O)ccc3[n+](CCCS(=O)(=O)O)c3ccc(OCCCS(=O)(=O)O)cc23)cc1. The van der Waals surface area contributed by atoms with Crippen LogP contribution in [-0.2, 0) is 66.1 Å². The summed E-state index contributed by atoms with van der Waals surface area (Å²) in [6.07, 6.45) is -1.72. The number of carbonyl (C=O) groups is 4. The summed E-state index contributed by atoms with van der Waals surface area (Å²) in [6.45, 7) is 0.475. The number of aryl methyl sites for hydroxylation is 2. The molecule has 5 rings (SSSR count). The minimum Gasteiger partial charge on any atom is -0.494 e. The third-order valence-corrected chi connectivity index (χ3v) is 13.7. The van der Waals surface area contributed by atoms with Gasteiger partial charge in [0.2, 0.25) is 11.0 Å². The first-order valence-electron chi connectivity index (χ1n) is 19.2. The van der Waals surface area contributed by atoms with Crippen LogP contribution >= 0.6 is 0 Å². The van der Waals surface area contributed by atoms with E-state index in [0.29, 0.717) is 14.9 Å². The smallest absolute Gasteiger partial charge is 0.333 e. The highest BCUT2D eigenvalue weighted by Gasteiger charge is 2.36. The van der Waals surface area contributed by atoms with Gasteiger partial charge in [-0.15, -0.1) is 5.06 Å². The van der Waals surface area contributed by atoms with E-state index in [1.165, 1.54) is 60.7 Å². The fraction of sp³-hybridized carbons (Fsp3) is 0.395. The number of ether oxygens (including phenoxy) is 2. The number of hydroxylamine groups is 2. The summed E-state index contributed by atoms with van der Waals surface area (Å²) in [5.74, 6) is -5.54. The van der Waals surface area contributed by atoms with Crippen molar-refractivity contribution in [2.75, 3.05) is 37.0 Å². The van der Waals surface area contributed by atoms with Gasteiger partial charge in [-0.2, -0.15) is 29.8 Å². The molecule has 0 saturated carbocycles. The molecule has 0 atom stereocenters. The summed E-state index contributed by atoms with van der Waals surface area (Å²) < 4.78 is 139. The van der Waals surface area contributed by atoms with Crippen molar-refractivity contribution in [3.8, 4) is 11.5 Å². The van der Waals surface area contributed by atoms with Crippen LogP contribution in [0.4, 0.5) is 0 Å². The van der Waals surface area contributed by atoms with E-state index in [0.717, 1.165) is 0 Å². The summed E-state index contributed by atoms with van der Waals surface area (Å²) in [5, 5.41) is 0.362. The molecular formula is C38H44N3O18S4+. The molecule has 1 aliphatic rings. The minimum atomic E-state index is -4.78. The normalized spacial score (nSPS) is 13.7. The van der Waals surface area contributed by atoms with Crippen molar-refractivity contribution in [3.05, 3.63) is 71.8 Å². The van der Waals surface area contributed by atoms with Gasteiger partial charge in [-0.3, -0.25) is 28.0 Å². The largest absolute Gasteiger partial charge is 0.494 e. The first-order chi connectivity index (χ1) is 29.4. The van der Waals surface area contributed by atoms with Crippen LogP contribution in [0.15, 0.2) is 65.6 Å². The monoisotopic (exact) mass is 958 g/mol. The Morgan fingerprint density at radius 1 is 0.683 bits per heavy atom. The Bertz CT molecular complexity index is 2750. The Hall–Kier alpha value is -5.31. The topological polar surface area (TPSA) is 304 Å². The third kappa shape index (κ3) is 13.4. The van der Waals surface area contributed by atoms with Gasteiger partial charge in [0, 0.05) is 44.4 Å². The Kier molecular flexibility index (Phi) is 15.5. The quantitative estimate of drug-likeness (QED) is 0.0335. The van der Waals surface area contributed by atoms with Gasteiger partial charge in [-0.1, -0.05) is 17.7 Å². The van der Waals surface area contributed by atoms with Crippen molar-refractivity contribution >= 4 is 85.9 Å². The van der Waals surface area contributed by atoms with Gasteiger partial charge in [0.1, 0.15) is 11.5 Å². The molecule has 0 radical (unpaired) electrons. The molecule has 1 fully saturated rings. The van der Waals surface area contributed by atoms with Gasteiger partial charge in [0.25, 0.3) is 58.1 Å². The highest BCUT2D eigenvalue weighted by Crippen LogP contribution is 2.33. The van der Waals surface area contributed by atoms with E-state index in [9.17, 15) is 61.7 Å². The second kappa shape index (κ2) is 20.0. The molecule has 342 valence electrons. The van der Waals surface area contributed by atoms with Crippen molar-refractivity contribution in [3.63, 3.8) is 0 Å². The molecule has 21 nitrogen and oxygen atoms in total. The summed E-state index contributed by atoms with van der Waals surface area (Å²) in [4.78, 5) is 56.8. The number of hydrogen-bond donors (Lipinski definition) is 3. The summed E-state index contributed by atoms with van der Waals surface area (Å²) in [5.41, 5.74) is 0.853. The number of benzene rings is 3. The highest BCUT2D eigenvalue weighted by molar-refractivity contribution is 7.89. The number of rotatable bonds is 22. The molecule has 3 N–H and O–H groups in total. The molecule has 1 aromatic heterocycles. The van der Waals surface area contributed by atoms with E-state index in [1.54, 1.807) is 11.5 Å². The van der Waals surface area contributed by atoms with E-state index in [-0.39, 0.29) is 102 Å². The number of amides is 3. The maximum Gasteiger partial charge on any atom is 0.333 e. The maximum atomic E-state index is 15.3. The van der Waals surface area contributed by atoms with E-state index < -0.39 is 94.3 Å². The summed E-state index contributed by atoms with van der Waals surface area (Å²) in [6, 6.07) is 14.1. The molecular weight excluding hydrogens is 915 g/mol.